The van der Waals surface area contributed by atoms with Crippen LogP contribution in [0.15, 0.2) is 66.7 Å². The summed E-state index contributed by atoms with van der Waals surface area (Å²) in [6.07, 6.45) is -0.549. The Labute approximate surface area is 181 Å². The quantitative estimate of drug-likeness (QED) is 0.475. The van der Waals surface area contributed by atoms with Gasteiger partial charge in [-0.25, -0.2) is 0 Å². The summed E-state index contributed by atoms with van der Waals surface area (Å²) in [4.78, 5) is 0. The summed E-state index contributed by atoms with van der Waals surface area (Å²) in [6.45, 7) is 1.42. The van der Waals surface area contributed by atoms with E-state index in [0.717, 1.165) is 16.7 Å². The Kier molecular flexibility index (Phi) is 7.78. The lowest BCUT2D eigenvalue weighted by molar-refractivity contribution is 0.174. The Morgan fingerprint density at radius 3 is 2.38 bits per heavy atom. The zero-order chi connectivity index (χ0) is 20.6. The van der Waals surface area contributed by atoms with Gasteiger partial charge in [-0.2, -0.15) is 0 Å². The van der Waals surface area contributed by atoms with Crippen LogP contribution in [0.1, 0.15) is 22.8 Å². The number of nitrogens with one attached hydrogen (secondary N) is 1. The molecule has 0 fully saturated rings. The van der Waals surface area contributed by atoms with Gasteiger partial charge >= 0.3 is 0 Å². The highest BCUT2D eigenvalue weighted by Gasteiger charge is 2.09. The molecule has 0 saturated carbocycles. The number of hydrogen-bond donors (Lipinski definition) is 2. The van der Waals surface area contributed by atoms with Crippen molar-refractivity contribution in [2.24, 2.45) is 0 Å². The first kappa shape index (κ1) is 21.5. The van der Waals surface area contributed by atoms with E-state index in [-0.39, 0.29) is 0 Å². The van der Waals surface area contributed by atoms with Crippen LogP contribution in [0.4, 0.5) is 0 Å². The molecule has 0 spiro atoms. The molecule has 0 aromatic heterocycles. The number of ether oxygens (including phenoxy) is 2. The minimum atomic E-state index is -0.549. The van der Waals surface area contributed by atoms with Gasteiger partial charge in [0.2, 0.25) is 0 Å². The molecule has 6 heteroatoms. The Balaban J connectivity index is 1.56. The maximum atomic E-state index is 10.2. The first-order valence-electron chi connectivity index (χ1n) is 9.24. The van der Waals surface area contributed by atoms with Crippen LogP contribution in [0.3, 0.4) is 0 Å². The highest BCUT2D eigenvalue weighted by molar-refractivity contribution is 6.42. The van der Waals surface area contributed by atoms with Gasteiger partial charge in [-0.1, -0.05) is 65.7 Å². The normalized spacial score (nSPS) is 11.9. The topological polar surface area (TPSA) is 50.7 Å². The predicted octanol–water partition coefficient (Wildman–Crippen LogP) is 5.40. The van der Waals surface area contributed by atoms with Crippen molar-refractivity contribution in [2.75, 3.05) is 13.7 Å². The van der Waals surface area contributed by atoms with Gasteiger partial charge in [-0.3, -0.25) is 0 Å². The largest absolute Gasteiger partial charge is 0.493 e. The Bertz CT molecular complexity index is 935. The highest BCUT2D eigenvalue weighted by Crippen LogP contribution is 2.30. The molecule has 152 valence electrons. The van der Waals surface area contributed by atoms with E-state index in [1.807, 2.05) is 54.6 Å². The van der Waals surface area contributed by atoms with Crippen molar-refractivity contribution in [3.05, 3.63) is 93.5 Å². The smallest absolute Gasteiger partial charge is 0.161 e. The molecular formula is C23H23Cl2NO3. The highest BCUT2D eigenvalue weighted by atomic mass is 35.5. The second-order valence-electron chi connectivity index (χ2n) is 6.58. The van der Waals surface area contributed by atoms with Crippen molar-refractivity contribution >= 4 is 23.2 Å². The van der Waals surface area contributed by atoms with Crippen LogP contribution >= 0.6 is 23.2 Å². The van der Waals surface area contributed by atoms with Crippen LogP contribution in [-0.4, -0.2) is 18.8 Å². The molecule has 3 aromatic carbocycles. The number of hydrogen-bond acceptors (Lipinski definition) is 4. The molecule has 0 saturated heterocycles. The molecule has 0 aliphatic carbocycles. The summed E-state index contributed by atoms with van der Waals surface area (Å²) >= 11 is 12.0. The fourth-order valence-electron chi connectivity index (χ4n) is 2.88. The van der Waals surface area contributed by atoms with E-state index in [1.165, 1.54) is 0 Å². The third-order valence-electron chi connectivity index (χ3n) is 4.46. The third-order valence-corrected chi connectivity index (χ3v) is 5.20. The van der Waals surface area contributed by atoms with Crippen LogP contribution in [0.2, 0.25) is 10.0 Å². The number of halogens is 2. The second kappa shape index (κ2) is 10.5. The second-order valence-corrected chi connectivity index (χ2v) is 7.39. The Morgan fingerprint density at radius 2 is 1.66 bits per heavy atom. The summed E-state index contributed by atoms with van der Waals surface area (Å²) in [5.41, 5.74) is 2.84. The summed E-state index contributed by atoms with van der Waals surface area (Å²) in [5, 5.41) is 14.5. The maximum Gasteiger partial charge on any atom is 0.161 e. The zero-order valence-electron chi connectivity index (χ0n) is 16.1. The molecule has 0 heterocycles. The molecule has 0 radical (unpaired) electrons. The van der Waals surface area contributed by atoms with Crippen molar-refractivity contribution in [2.45, 2.75) is 19.3 Å². The van der Waals surface area contributed by atoms with Crippen LogP contribution in [-0.2, 0) is 13.2 Å². The van der Waals surface area contributed by atoms with Crippen LogP contribution < -0.4 is 14.8 Å². The molecule has 29 heavy (non-hydrogen) atoms. The molecule has 0 aliphatic rings. The van der Waals surface area contributed by atoms with Crippen molar-refractivity contribution in [3.63, 3.8) is 0 Å². The van der Waals surface area contributed by atoms with Gasteiger partial charge in [0.05, 0.1) is 23.3 Å². The summed E-state index contributed by atoms with van der Waals surface area (Å²) < 4.78 is 11.3. The standard InChI is InChI=1S/C23H23Cl2NO3/c1-28-23-12-16(13-26-14-21(27)18-5-3-2-4-6-18)8-10-22(23)29-15-17-7-9-19(24)20(25)11-17/h2-12,21,26-27H,13-15H2,1H3. The number of benzene rings is 3. The van der Waals surface area contributed by atoms with Crippen LogP contribution in [0.25, 0.3) is 0 Å². The average Bonchev–Trinajstić information content (AvgIpc) is 2.75. The molecular weight excluding hydrogens is 409 g/mol. The van der Waals surface area contributed by atoms with Gasteiger partial charge in [0.25, 0.3) is 0 Å². The lowest BCUT2D eigenvalue weighted by Gasteiger charge is -2.14. The predicted molar refractivity (Wildman–Crippen MR) is 117 cm³/mol. The monoisotopic (exact) mass is 431 g/mol. The number of aliphatic hydroxyl groups is 1. The molecule has 3 aromatic rings. The molecule has 3 rings (SSSR count). The summed E-state index contributed by atoms with van der Waals surface area (Å²) in [5.74, 6) is 1.29. The third kappa shape index (κ3) is 6.12. The molecule has 0 bridgehead atoms. The first-order chi connectivity index (χ1) is 14.1. The van der Waals surface area contributed by atoms with E-state index < -0.39 is 6.10 Å². The summed E-state index contributed by atoms with van der Waals surface area (Å²) in [7, 11) is 1.61. The molecule has 4 nitrogen and oxygen atoms in total. The van der Waals surface area contributed by atoms with E-state index >= 15 is 0 Å². The van der Waals surface area contributed by atoms with Crippen LogP contribution in [0.5, 0.6) is 11.5 Å². The van der Waals surface area contributed by atoms with E-state index in [1.54, 1.807) is 19.2 Å². The van der Waals surface area contributed by atoms with Gasteiger partial charge < -0.3 is 19.9 Å². The van der Waals surface area contributed by atoms with E-state index in [2.05, 4.69) is 5.32 Å². The Morgan fingerprint density at radius 1 is 0.897 bits per heavy atom. The van der Waals surface area contributed by atoms with Gasteiger partial charge in [-0.15, -0.1) is 0 Å². The van der Waals surface area contributed by atoms with Gasteiger partial charge in [0.1, 0.15) is 6.61 Å². The molecule has 0 amide bonds. The lowest BCUT2D eigenvalue weighted by Crippen LogP contribution is -2.21. The number of aliphatic hydroxyl groups excluding tert-OH is 1. The molecule has 1 atom stereocenters. The minimum absolute atomic E-state index is 0.355. The Hall–Kier alpha value is -2.24. The SMILES string of the molecule is COc1cc(CNCC(O)c2ccccc2)ccc1OCc1ccc(Cl)c(Cl)c1. The number of methoxy groups -OCH3 is 1. The van der Waals surface area contributed by atoms with Gasteiger partial charge in [-0.05, 0) is 41.0 Å². The van der Waals surface area contributed by atoms with Crippen LogP contribution in [0, 0.1) is 0 Å². The minimum Gasteiger partial charge on any atom is -0.493 e. The number of rotatable bonds is 9. The van der Waals surface area contributed by atoms with Crippen molar-refractivity contribution in [1.82, 2.24) is 5.32 Å². The van der Waals surface area contributed by atoms with Gasteiger partial charge in [0.15, 0.2) is 11.5 Å². The van der Waals surface area contributed by atoms with E-state index in [4.69, 9.17) is 32.7 Å². The lowest BCUT2D eigenvalue weighted by atomic mass is 10.1. The van der Waals surface area contributed by atoms with Crippen molar-refractivity contribution in [3.8, 4) is 11.5 Å². The maximum absolute atomic E-state index is 10.2. The fourth-order valence-corrected chi connectivity index (χ4v) is 3.20. The van der Waals surface area contributed by atoms with Gasteiger partial charge in [0, 0.05) is 13.1 Å². The molecule has 1 unspecified atom stereocenters. The average molecular weight is 432 g/mol. The zero-order valence-corrected chi connectivity index (χ0v) is 17.6. The summed E-state index contributed by atoms with van der Waals surface area (Å²) in [6, 6.07) is 20.8. The van der Waals surface area contributed by atoms with Crippen molar-refractivity contribution < 1.29 is 14.6 Å². The van der Waals surface area contributed by atoms with E-state index in [0.29, 0.717) is 41.2 Å². The first-order valence-corrected chi connectivity index (χ1v) is 10.00. The van der Waals surface area contributed by atoms with Crippen molar-refractivity contribution in [1.29, 1.82) is 0 Å². The van der Waals surface area contributed by atoms with E-state index in [9.17, 15) is 5.11 Å². The fraction of sp³-hybridized carbons (Fsp3) is 0.217. The molecule has 0 aliphatic heterocycles. The molecule has 2 N–H and O–H groups in total.